The third-order valence-corrected chi connectivity index (χ3v) is 6.57. The van der Waals surface area contributed by atoms with Gasteiger partial charge in [-0.15, -0.1) is 0 Å². The van der Waals surface area contributed by atoms with E-state index in [1.54, 1.807) is 13.0 Å². The van der Waals surface area contributed by atoms with Gasteiger partial charge in [-0.2, -0.15) is 0 Å². The van der Waals surface area contributed by atoms with Crippen LogP contribution in [0.5, 0.6) is 0 Å². The standard InChI is InChI=1S/C12H14ClO2P/c1-12(14)9-16(15,8-7-11(12)13)10-5-3-2-4-6-10/h2-7,14H,8-9H2,1H3/t12-,16+/m0/s1. The SMILES string of the molecule is C[C@]1(O)C[P@@](=O)(c2ccccc2)CC=C1Cl. The molecule has 0 radical (unpaired) electrons. The highest BCUT2D eigenvalue weighted by Gasteiger charge is 2.39. The van der Waals surface area contributed by atoms with Gasteiger partial charge in [-0.3, -0.25) is 0 Å². The van der Waals surface area contributed by atoms with Gasteiger partial charge in [0.15, 0.2) is 0 Å². The fourth-order valence-electron chi connectivity index (χ4n) is 1.98. The van der Waals surface area contributed by atoms with Crippen LogP contribution in [0.15, 0.2) is 41.4 Å². The highest BCUT2D eigenvalue weighted by molar-refractivity contribution is 7.71. The summed E-state index contributed by atoms with van der Waals surface area (Å²) in [5, 5.41) is 11.3. The minimum atomic E-state index is -2.54. The van der Waals surface area contributed by atoms with Gasteiger partial charge in [-0.25, -0.2) is 0 Å². The van der Waals surface area contributed by atoms with E-state index >= 15 is 0 Å². The summed E-state index contributed by atoms with van der Waals surface area (Å²) in [6.07, 6.45) is 2.34. The highest BCUT2D eigenvalue weighted by Crippen LogP contribution is 2.52. The van der Waals surface area contributed by atoms with E-state index < -0.39 is 12.7 Å². The number of halogens is 1. The third kappa shape index (κ3) is 2.10. The zero-order valence-corrected chi connectivity index (χ0v) is 10.7. The van der Waals surface area contributed by atoms with Crippen LogP contribution in [0.4, 0.5) is 0 Å². The number of benzene rings is 1. The van der Waals surface area contributed by atoms with Gasteiger partial charge < -0.3 is 9.67 Å². The molecule has 1 heterocycles. The van der Waals surface area contributed by atoms with Crippen molar-refractivity contribution in [2.45, 2.75) is 12.5 Å². The topological polar surface area (TPSA) is 37.3 Å². The molecule has 1 aromatic carbocycles. The Bertz CT molecular complexity index is 465. The van der Waals surface area contributed by atoms with Gasteiger partial charge in [0.25, 0.3) is 0 Å². The second kappa shape index (κ2) is 4.03. The summed E-state index contributed by atoms with van der Waals surface area (Å²) in [6, 6.07) is 9.32. The summed E-state index contributed by atoms with van der Waals surface area (Å²) in [5.41, 5.74) is -1.16. The molecule has 0 unspecified atom stereocenters. The number of allylic oxidation sites excluding steroid dienone is 1. The van der Waals surface area contributed by atoms with Crippen molar-refractivity contribution in [3.05, 3.63) is 41.4 Å². The number of hydrogen-bond acceptors (Lipinski definition) is 2. The molecule has 2 rings (SSSR count). The van der Waals surface area contributed by atoms with Gasteiger partial charge in [0.05, 0.1) is 0 Å². The van der Waals surface area contributed by atoms with Crippen molar-refractivity contribution in [2.24, 2.45) is 0 Å². The molecule has 86 valence electrons. The molecule has 4 heteroatoms. The molecule has 0 spiro atoms. The zero-order valence-electron chi connectivity index (χ0n) is 9.06. The Hall–Kier alpha value is -0.560. The number of aliphatic hydroxyl groups is 1. The average molecular weight is 257 g/mol. The molecule has 0 saturated carbocycles. The van der Waals surface area contributed by atoms with Gasteiger partial charge in [0.2, 0.25) is 0 Å². The Morgan fingerprint density at radius 3 is 2.56 bits per heavy atom. The van der Waals surface area contributed by atoms with Gasteiger partial charge in [0.1, 0.15) is 12.7 Å². The summed E-state index contributed by atoms with van der Waals surface area (Å²) in [4.78, 5) is 0. The molecule has 1 aliphatic heterocycles. The summed E-state index contributed by atoms with van der Waals surface area (Å²) in [7, 11) is -2.54. The van der Waals surface area contributed by atoms with Crippen LogP contribution >= 0.6 is 18.7 Å². The lowest BCUT2D eigenvalue weighted by molar-refractivity contribution is 0.129. The van der Waals surface area contributed by atoms with Crippen LogP contribution in [0.3, 0.4) is 0 Å². The van der Waals surface area contributed by atoms with Crippen molar-refractivity contribution in [1.82, 2.24) is 0 Å². The molecule has 1 N–H and O–H groups in total. The highest BCUT2D eigenvalue weighted by atomic mass is 35.5. The number of hydrogen-bond donors (Lipinski definition) is 1. The van der Waals surface area contributed by atoms with E-state index in [1.165, 1.54) is 0 Å². The van der Waals surface area contributed by atoms with Gasteiger partial charge in [-0.05, 0) is 6.92 Å². The zero-order chi connectivity index (χ0) is 11.8. The van der Waals surface area contributed by atoms with E-state index in [2.05, 4.69) is 0 Å². The van der Waals surface area contributed by atoms with Crippen LogP contribution in [-0.2, 0) is 4.57 Å². The predicted octanol–water partition coefficient (Wildman–Crippen LogP) is 2.56. The Kier molecular flexibility index (Phi) is 3.00. The van der Waals surface area contributed by atoms with Crippen molar-refractivity contribution >= 4 is 24.0 Å². The van der Waals surface area contributed by atoms with Gasteiger partial charge in [0, 0.05) is 22.7 Å². The average Bonchev–Trinajstić information content (AvgIpc) is 2.25. The fourth-order valence-corrected chi connectivity index (χ4v) is 5.21. The summed E-state index contributed by atoms with van der Waals surface area (Å²) in [5.74, 6) is 0. The maximum Gasteiger partial charge on any atom is 0.122 e. The molecule has 0 aromatic heterocycles. The van der Waals surface area contributed by atoms with Crippen molar-refractivity contribution in [2.75, 3.05) is 12.3 Å². The van der Waals surface area contributed by atoms with Crippen LogP contribution in [0.2, 0.25) is 0 Å². The second-order valence-electron chi connectivity index (χ2n) is 4.39. The Morgan fingerprint density at radius 2 is 2.00 bits per heavy atom. The molecule has 1 aromatic rings. The van der Waals surface area contributed by atoms with Crippen LogP contribution in [0.25, 0.3) is 0 Å². The molecule has 0 fully saturated rings. The number of rotatable bonds is 1. The summed E-state index contributed by atoms with van der Waals surface area (Å²) >= 11 is 5.91. The lowest BCUT2D eigenvalue weighted by atomic mass is 10.1. The predicted molar refractivity (Wildman–Crippen MR) is 68.0 cm³/mol. The van der Waals surface area contributed by atoms with E-state index in [1.807, 2.05) is 30.3 Å². The van der Waals surface area contributed by atoms with E-state index in [4.69, 9.17) is 11.6 Å². The molecular weight excluding hydrogens is 243 g/mol. The first-order valence-corrected chi connectivity index (χ1v) is 7.62. The van der Waals surface area contributed by atoms with Crippen LogP contribution in [0, 0.1) is 0 Å². The molecule has 0 bridgehead atoms. The maximum absolute atomic E-state index is 12.7. The molecular formula is C12H14ClO2P. The van der Waals surface area contributed by atoms with Gasteiger partial charge >= 0.3 is 0 Å². The second-order valence-corrected chi connectivity index (χ2v) is 7.78. The van der Waals surface area contributed by atoms with E-state index in [0.717, 1.165) is 5.30 Å². The monoisotopic (exact) mass is 256 g/mol. The summed E-state index contributed by atoms with van der Waals surface area (Å²) in [6.45, 7) is 1.61. The van der Waals surface area contributed by atoms with E-state index in [-0.39, 0.29) is 6.16 Å². The lowest BCUT2D eigenvalue weighted by Gasteiger charge is -2.32. The van der Waals surface area contributed by atoms with Crippen LogP contribution in [0.1, 0.15) is 6.92 Å². The van der Waals surface area contributed by atoms with Crippen molar-refractivity contribution in [1.29, 1.82) is 0 Å². The molecule has 16 heavy (non-hydrogen) atoms. The minimum absolute atomic E-state index is 0.222. The van der Waals surface area contributed by atoms with E-state index in [0.29, 0.717) is 11.2 Å². The van der Waals surface area contributed by atoms with Crippen molar-refractivity contribution < 1.29 is 9.67 Å². The first-order valence-electron chi connectivity index (χ1n) is 5.16. The molecule has 0 saturated heterocycles. The molecule has 2 atom stereocenters. The molecule has 0 aliphatic carbocycles. The molecule has 1 aliphatic rings. The van der Waals surface area contributed by atoms with Crippen molar-refractivity contribution in [3.8, 4) is 0 Å². The van der Waals surface area contributed by atoms with Gasteiger partial charge in [-0.1, -0.05) is 48.0 Å². The van der Waals surface area contributed by atoms with E-state index in [9.17, 15) is 9.67 Å². The molecule has 2 nitrogen and oxygen atoms in total. The third-order valence-electron chi connectivity index (χ3n) is 2.87. The van der Waals surface area contributed by atoms with Crippen LogP contribution < -0.4 is 5.30 Å². The van der Waals surface area contributed by atoms with Crippen molar-refractivity contribution in [3.63, 3.8) is 0 Å². The lowest BCUT2D eigenvalue weighted by Crippen LogP contribution is -2.35. The first kappa shape index (κ1) is 11.9. The largest absolute Gasteiger partial charge is 0.384 e. The summed E-state index contributed by atoms with van der Waals surface area (Å²) < 4.78 is 12.7. The quantitative estimate of drug-likeness (QED) is 0.784. The maximum atomic E-state index is 12.7. The Balaban J connectivity index is 2.41. The Morgan fingerprint density at radius 1 is 1.38 bits per heavy atom. The normalized spacial score (nSPS) is 34.6. The fraction of sp³-hybridized carbons (Fsp3) is 0.333. The van der Waals surface area contributed by atoms with Crippen LogP contribution in [-0.4, -0.2) is 23.0 Å². The Labute approximate surface area is 100 Å². The molecule has 0 amide bonds. The first-order chi connectivity index (χ1) is 7.44. The minimum Gasteiger partial charge on any atom is -0.384 e. The smallest absolute Gasteiger partial charge is 0.122 e.